The van der Waals surface area contributed by atoms with E-state index in [4.69, 9.17) is 4.74 Å². The van der Waals surface area contributed by atoms with Crippen molar-refractivity contribution in [3.8, 4) is 0 Å². The molecule has 2 saturated carbocycles. The number of amides is 2. The quantitative estimate of drug-likeness (QED) is 0.287. The Hall–Kier alpha value is -3.31. The van der Waals surface area contributed by atoms with Crippen molar-refractivity contribution in [1.29, 1.82) is 0 Å². The number of nitrogens with zero attached hydrogens (tertiary/aromatic N) is 6. The topological polar surface area (TPSA) is 146 Å². The highest BCUT2D eigenvalue weighted by Crippen LogP contribution is 2.29. The van der Waals surface area contributed by atoms with Gasteiger partial charge in [-0.15, -0.1) is 10.2 Å². The van der Waals surface area contributed by atoms with Gasteiger partial charge in [0.15, 0.2) is 0 Å². The molecule has 0 aliphatic heterocycles. The van der Waals surface area contributed by atoms with Gasteiger partial charge >= 0.3 is 5.97 Å². The lowest BCUT2D eigenvalue weighted by Gasteiger charge is -2.16. The maximum atomic E-state index is 12.5. The lowest BCUT2D eigenvalue weighted by molar-refractivity contribution is -0.145. The molecule has 0 saturated heterocycles. The molecule has 12 heteroatoms. The van der Waals surface area contributed by atoms with E-state index in [1.807, 2.05) is 51.4 Å². The molecule has 2 amide bonds. The van der Waals surface area contributed by atoms with E-state index in [1.54, 1.807) is 12.4 Å². The van der Waals surface area contributed by atoms with Crippen LogP contribution in [0.2, 0.25) is 0 Å². The first-order chi connectivity index (χ1) is 18.0. The zero-order valence-corrected chi connectivity index (χ0v) is 20.4. The molecule has 37 heavy (non-hydrogen) atoms. The van der Waals surface area contributed by atoms with E-state index >= 15 is 0 Å². The van der Waals surface area contributed by atoms with E-state index < -0.39 is 12.0 Å². The SMILES string of the molecule is COC(=O)[C@H](CCCCNC(=O)Cn1cc([C]2[CH][CH][CH][CH]2)nn1)NC(=O)Cn1cc([C]2[CH][CH][CH][CH]2)nn1. The first-order valence-corrected chi connectivity index (χ1v) is 11.9. The van der Waals surface area contributed by atoms with Gasteiger partial charge in [0.05, 0.1) is 18.5 Å². The number of nitrogens with one attached hydrogen (secondary N) is 2. The normalized spacial score (nSPS) is 17.1. The van der Waals surface area contributed by atoms with E-state index in [2.05, 4.69) is 31.3 Å². The van der Waals surface area contributed by atoms with Crippen LogP contribution in [0.25, 0.3) is 0 Å². The van der Waals surface area contributed by atoms with Crippen molar-refractivity contribution in [1.82, 2.24) is 40.6 Å². The Morgan fingerprint density at radius 1 is 0.838 bits per heavy atom. The lowest BCUT2D eigenvalue weighted by Crippen LogP contribution is -2.43. The summed E-state index contributed by atoms with van der Waals surface area (Å²) in [5.74, 6) is 0.764. The van der Waals surface area contributed by atoms with Gasteiger partial charge in [0.25, 0.3) is 0 Å². The maximum absolute atomic E-state index is 12.5. The smallest absolute Gasteiger partial charge is 0.328 e. The molecule has 2 heterocycles. The summed E-state index contributed by atoms with van der Waals surface area (Å²) in [5, 5.41) is 21.6. The summed E-state index contributed by atoms with van der Waals surface area (Å²) < 4.78 is 7.73. The van der Waals surface area contributed by atoms with Crippen LogP contribution in [0.1, 0.15) is 30.7 Å². The summed E-state index contributed by atoms with van der Waals surface area (Å²) in [7, 11) is 1.28. The highest BCUT2D eigenvalue weighted by atomic mass is 16.5. The number of methoxy groups -OCH3 is 1. The van der Waals surface area contributed by atoms with Gasteiger partial charge in [-0.1, -0.05) is 10.4 Å². The summed E-state index contributed by atoms with van der Waals surface area (Å²) in [4.78, 5) is 36.9. The summed E-state index contributed by atoms with van der Waals surface area (Å²) in [5.41, 5.74) is 1.37. The second-order valence-electron chi connectivity index (χ2n) is 8.44. The van der Waals surface area contributed by atoms with Crippen LogP contribution < -0.4 is 10.6 Å². The minimum absolute atomic E-state index is 0.0599. The zero-order valence-electron chi connectivity index (χ0n) is 20.4. The van der Waals surface area contributed by atoms with Crippen LogP contribution in [0.3, 0.4) is 0 Å². The highest BCUT2D eigenvalue weighted by molar-refractivity contribution is 5.84. The van der Waals surface area contributed by atoms with Crippen LogP contribution in [-0.2, 0) is 32.2 Å². The van der Waals surface area contributed by atoms with Crippen molar-refractivity contribution in [2.24, 2.45) is 0 Å². The van der Waals surface area contributed by atoms with E-state index in [1.165, 1.54) is 16.5 Å². The molecule has 2 aromatic rings. The predicted octanol–water partition coefficient (Wildman–Crippen LogP) is 0.0208. The average Bonchev–Trinajstić information content (AvgIpc) is 3.69. The molecular weight excluding hydrogens is 476 g/mol. The number of esters is 1. The number of aromatic nitrogens is 6. The number of unbranched alkanes of at least 4 members (excludes halogenated alkanes) is 1. The van der Waals surface area contributed by atoms with Crippen LogP contribution in [0.15, 0.2) is 12.4 Å². The maximum Gasteiger partial charge on any atom is 0.328 e. The number of carbonyl (C=O) groups excluding carboxylic acids is 3. The Morgan fingerprint density at radius 3 is 1.92 bits per heavy atom. The predicted molar refractivity (Wildman–Crippen MR) is 130 cm³/mol. The number of ether oxygens (including phenoxy) is 1. The lowest BCUT2D eigenvalue weighted by atomic mass is 10.1. The van der Waals surface area contributed by atoms with E-state index in [0.29, 0.717) is 37.2 Å². The largest absolute Gasteiger partial charge is 0.467 e. The Kier molecular flexibility index (Phi) is 9.61. The van der Waals surface area contributed by atoms with E-state index in [0.717, 1.165) is 11.8 Å². The molecular formula is C25H28N8O4. The Labute approximate surface area is 216 Å². The van der Waals surface area contributed by atoms with Crippen molar-refractivity contribution in [2.75, 3.05) is 13.7 Å². The third-order valence-electron chi connectivity index (χ3n) is 5.67. The first-order valence-electron chi connectivity index (χ1n) is 11.9. The zero-order chi connectivity index (χ0) is 26.0. The van der Waals surface area contributed by atoms with Crippen molar-refractivity contribution < 1.29 is 19.1 Å². The van der Waals surface area contributed by atoms with Crippen LogP contribution in [-0.4, -0.2) is 67.5 Å². The first kappa shape index (κ1) is 26.7. The summed E-state index contributed by atoms with van der Waals surface area (Å²) in [6.45, 7) is 0.409. The number of rotatable bonds is 13. The Bertz CT molecular complexity index is 1040. The molecule has 2 aliphatic rings. The Morgan fingerprint density at radius 2 is 1.38 bits per heavy atom. The molecule has 0 spiro atoms. The molecule has 0 aromatic carbocycles. The number of hydrogen-bond acceptors (Lipinski definition) is 8. The van der Waals surface area contributed by atoms with Crippen LogP contribution >= 0.6 is 0 Å². The number of carbonyl (C=O) groups is 3. The van der Waals surface area contributed by atoms with Crippen LogP contribution in [0.5, 0.6) is 0 Å². The third kappa shape index (κ3) is 7.83. The minimum Gasteiger partial charge on any atom is -0.467 e. The van der Waals surface area contributed by atoms with Gasteiger partial charge in [-0.25, -0.2) is 14.2 Å². The van der Waals surface area contributed by atoms with Gasteiger partial charge in [0.2, 0.25) is 11.8 Å². The van der Waals surface area contributed by atoms with Gasteiger partial charge < -0.3 is 15.4 Å². The number of hydrogen-bond donors (Lipinski definition) is 2. The standard InChI is InChI=1S/C25H28N8O4/c1-37-25(36)20(27-24(35)17-33-15-22(29-31-33)19-10-4-5-11-19)12-6-7-13-26-23(34)16-32-14-21(28-30-32)18-8-2-3-9-18/h2-5,8-11,14-15,20H,6-7,12-13,16-17H2,1H3,(H,26,34)(H,27,35)/t20-/m0/s1. The molecule has 2 aliphatic carbocycles. The third-order valence-corrected chi connectivity index (χ3v) is 5.67. The molecule has 0 unspecified atom stereocenters. The van der Waals surface area contributed by atoms with Crippen molar-refractivity contribution >= 4 is 17.8 Å². The molecule has 2 N–H and O–H groups in total. The molecule has 12 nitrogen and oxygen atoms in total. The highest BCUT2D eigenvalue weighted by Gasteiger charge is 2.24. The fourth-order valence-corrected chi connectivity index (χ4v) is 3.79. The van der Waals surface area contributed by atoms with Crippen molar-refractivity contribution in [2.45, 2.75) is 38.4 Å². The molecule has 2 aromatic heterocycles. The van der Waals surface area contributed by atoms with E-state index in [9.17, 15) is 14.4 Å². The van der Waals surface area contributed by atoms with Gasteiger partial charge in [0.1, 0.15) is 19.1 Å². The summed E-state index contributed by atoms with van der Waals surface area (Å²) in [6, 6.07) is -0.795. The summed E-state index contributed by atoms with van der Waals surface area (Å²) >= 11 is 0. The van der Waals surface area contributed by atoms with Gasteiger partial charge in [-0.3, -0.25) is 9.59 Å². The monoisotopic (exact) mass is 504 g/mol. The van der Waals surface area contributed by atoms with Crippen molar-refractivity contribution in [3.63, 3.8) is 0 Å². The average molecular weight is 505 g/mol. The fourth-order valence-electron chi connectivity index (χ4n) is 3.79. The van der Waals surface area contributed by atoms with Crippen molar-refractivity contribution in [3.05, 3.63) is 87.0 Å². The molecule has 4 rings (SSSR count). The molecule has 192 valence electrons. The van der Waals surface area contributed by atoms with E-state index in [-0.39, 0.29) is 24.9 Å². The minimum atomic E-state index is -0.795. The molecule has 0 bridgehead atoms. The molecule has 10 radical (unpaired) electrons. The second kappa shape index (κ2) is 13.3. The fraction of sp³-hybridized carbons (Fsp3) is 0.320. The second-order valence-corrected chi connectivity index (χ2v) is 8.44. The Balaban J connectivity index is 1.14. The van der Waals surface area contributed by atoms with Gasteiger partial charge in [-0.05, 0) is 70.6 Å². The van der Waals surface area contributed by atoms with Crippen LogP contribution in [0, 0.1) is 63.2 Å². The molecule has 1 atom stereocenters. The van der Waals surface area contributed by atoms with Crippen LogP contribution in [0.4, 0.5) is 0 Å². The summed E-state index contributed by atoms with van der Waals surface area (Å²) in [6.07, 6.45) is 20.3. The van der Waals surface area contributed by atoms with Gasteiger partial charge in [-0.2, -0.15) is 0 Å². The van der Waals surface area contributed by atoms with Gasteiger partial charge in [0, 0.05) is 30.8 Å². The molecule has 2 fully saturated rings.